The van der Waals surface area contributed by atoms with Gasteiger partial charge < -0.3 is 14.0 Å². The lowest BCUT2D eigenvalue weighted by Crippen LogP contribution is -2.46. The molecule has 2 unspecified atom stereocenters. The lowest BCUT2D eigenvalue weighted by molar-refractivity contribution is 0.0107. The minimum Gasteiger partial charge on any atom is -0.525 e. The van der Waals surface area contributed by atoms with Gasteiger partial charge in [0.2, 0.25) is 0 Å². The van der Waals surface area contributed by atoms with Crippen LogP contribution in [-0.4, -0.2) is 18.7 Å². The van der Waals surface area contributed by atoms with Gasteiger partial charge >= 0.3 is 13.1 Å². The molecule has 0 fully saturated rings. The summed E-state index contributed by atoms with van der Waals surface area (Å²) in [6, 6.07) is 2.05. The van der Waals surface area contributed by atoms with Crippen molar-refractivity contribution in [2.24, 2.45) is 5.92 Å². The maximum Gasteiger partial charge on any atom is 0.593 e. The van der Waals surface area contributed by atoms with Crippen molar-refractivity contribution in [2.75, 3.05) is 0 Å². The highest BCUT2D eigenvalue weighted by Gasteiger charge is 2.47. The molecule has 0 bridgehead atoms. The van der Waals surface area contributed by atoms with Crippen LogP contribution >= 0.6 is 0 Å². The number of allylic oxidation sites excluding steroid dienone is 2. The largest absolute Gasteiger partial charge is 0.593 e. The van der Waals surface area contributed by atoms with Crippen LogP contribution in [0.3, 0.4) is 0 Å². The summed E-state index contributed by atoms with van der Waals surface area (Å²) in [7, 11) is -0.571. The summed E-state index contributed by atoms with van der Waals surface area (Å²) in [6.07, 6.45) is 6.28. The van der Waals surface area contributed by atoms with Gasteiger partial charge in [0, 0.05) is 17.4 Å². The van der Waals surface area contributed by atoms with Gasteiger partial charge in [-0.3, -0.25) is 0 Å². The SMILES string of the molecule is CCCc1cc2c(c3c1C(=O)OB(C)O3)C1C=C(C)CCC1C(C)(C)O2. The average Bonchev–Trinajstić information content (AvgIpc) is 2.53. The Morgan fingerprint density at radius 2 is 2.08 bits per heavy atom. The predicted molar refractivity (Wildman–Crippen MR) is 102 cm³/mol. The molecule has 0 aromatic heterocycles. The first-order chi connectivity index (χ1) is 12.3. The Labute approximate surface area is 156 Å². The van der Waals surface area contributed by atoms with Crippen LogP contribution < -0.4 is 9.39 Å². The topological polar surface area (TPSA) is 44.8 Å². The molecule has 0 saturated carbocycles. The minimum atomic E-state index is -0.571. The molecule has 2 aliphatic heterocycles. The van der Waals surface area contributed by atoms with Crippen LogP contribution in [0.4, 0.5) is 0 Å². The third-order valence-corrected chi connectivity index (χ3v) is 5.99. The molecule has 1 aromatic carbocycles. The Balaban J connectivity index is 1.98. The van der Waals surface area contributed by atoms with Crippen molar-refractivity contribution in [3.8, 4) is 11.5 Å². The molecular formula is C21H27BO4. The molecule has 4 rings (SSSR count). The molecule has 26 heavy (non-hydrogen) atoms. The number of rotatable bonds is 2. The molecule has 0 saturated heterocycles. The Morgan fingerprint density at radius 3 is 2.81 bits per heavy atom. The fourth-order valence-corrected chi connectivity index (χ4v) is 4.81. The van der Waals surface area contributed by atoms with Crippen LogP contribution in [0, 0.1) is 5.92 Å². The number of carbonyl (C=O) groups excluding carboxylic acids is 1. The second-order valence-electron chi connectivity index (χ2n) is 8.38. The zero-order valence-electron chi connectivity index (χ0n) is 16.3. The van der Waals surface area contributed by atoms with Crippen LogP contribution in [0.2, 0.25) is 6.82 Å². The van der Waals surface area contributed by atoms with Gasteiger partial charge in [0.1, 0.15) is 22.7 Å². The van der Waals surface area contributed by atoms with E-state index in [2.05, 4.69) is 33.8 Å². The monoisotopic (exact) mass is 354 g/mol. The maximum atomic E-state index is 12.7. The number of hydrogen-bond acceptors (Lipinski definition) is 4. The number of hydrogen-bond donors (Lipinski definition) is 0. The molecule has 5 heteroatoms. The summed E-state index contributed by atoms with van der Waals surface area (Å²) >= 11 is 0. The van der Waals surface area contributed by atoms with Crippen LogP contribution in [-0.2, 0) is 11.1 Å². The number of ether oxygens (including phenoxy) is 1. The van der Waals surface area contributed by atoms with Crippen LogP contribution in [0.25, 0.3) is 0 Å². The van der Waals surface area contributed by atoms with E-state index in [9.17, 15) is 4.79 Å². The molecular weight excluding hydrogens is 327 g/mol. The summed E-state index contributed by atoms with van der Waals surface area (Å²) in [5, 5.41) is 0. The van der Waals surface area contributed by atoms with Crippen molar-refractivity contribution >= 4 is 13.1 Å². The van der Waals surface area contributed by atoms with Crippen molar-refractivity contribution in [3.05, 3.63) is 34.4 Å². The van der Waals surface area contributed by atoms with Crippen LogP contribution in [0.15, 0.2) is 17.7 Å². The van der Waals surface area contributed by atoms with Crippen LogP contribution in [0.1, 0.15) is 74.4 Å². The second kappa shape index (κ2) is 6.07. The molecule has 1 aromatic rings. The fourth-order valence-electron chi connectivity index (χ4n) is 4.81. The summed E-state index contributed by atoms with van der Waals surface area (Å²) in [5.74, 6) is 1.86. The van der Waals surface area contributed by atoms with E-state index < -0.39 is 7.12 Å². The second-order valence-corrected chi connectivity index (χ2v) is 8.38. The molecule has 0 N–H and O–H groups in total. The third-order valence-electron chi connectivity index (χ3n) is 5.99. The molecule has 3 aliphatic rings. The first kappa shape index (κ1) is 17.5. The highest BCUT2D eigenvalue weighted by Crippen LogP contribution is 2.55. The summed E-state index contributed by atoms with van der Waals surface area (Å²) in [6.45, 7) is 10.4. The normalized spacial score (nSPS) is 25.8. The van der Waals surface area contributed by atoms with Gasteiger partial charge in [-0.05, 0) is 58.5 Å². The summed E-state index contributed by atoms with van der Waals surface area (Å²) in [5.41, 5.74) is 3.75. The number of benzene rings is 1. The van der Waals surface area contributed by atoms with Crippen LogP contribution in [0.5, 0.6) is 11.5 Å². The first-order valence-corrected chi connectivity index (χ1v) is 9.75. The van der Waals surface area contributed by atoms with Gasteiger partial charge in [0.25, 0.3) is 0 Å². The van der Waals surface area contributed by atoms with Gasteiger partial charge in [-0.15, -0.1) is 0 Å². The van der Waals surface area contributed by atoms with E-state index in [0.717, 1.165) is 42.6 Å². The highest BCUT2D eigenvalue weighted by molar-refractivity contribution is 6.47. The van der Waals surface area contributed by atoms with Gasteiger partial charge in [-0.25, -0.2) is 4.79 Å². The van der Waals surface area contributed by atoms with Gasteiger partial charge in [-0.1, -0.05) is 25.0 Å². The van der Waals surface area contributed by atoms with Crippen molar-refractivity contribution < 1.29 is 18.8 Å². The van der Waals surface area contributed by atoms with Gasteiger partial charge in [-0.2, -0.15) is 0 Å². The third kappa shape index (κ3) is 2.63. The lowest BCUT2D eigenvalue weighted by Gasteiger charge is -2.47. The quantitative estimate of drug-likeness (QED) is 0.559. The van der Waals surface area contributed by atoms with E-state index in [1.165, 1.54) is 5.57 Å². The number of fused-ring (bicyclic) bond motifs is 5. The zero-order valence-corrected chi connectivity index (χ0v) is 16.3. The molecule has 0 radical (unpaired) electrons. The van der Waals surface area contributed by atoms with E-state index >= 15 is 0 Å². The standard InChI is InChI=1S/C21H27BO4/c1-6-7-13-11-16-18(19-17(13)20(23)26-22(5)25-19)14-10-12(2)8-9-15(14)21(3,4)24-16/h10-11,14-15H,6-9H2,1-5H3. The molecule has 138 valence electrons. The van der Waals surface area contributed by atoms with Gasteiger partial charge in [0.05, 0.1) is 0 Å². The maximum absolute atomic E-state index is 12.7. The Hall–Kier alpha value is -1.91. The van der Waals surface area contributed by atoms with E-state index in [0.29, 0.717) is 17.2 Å². The van der Waals surface area contributed by atoms with E-state index in [4.69, 9.17) is 14.0 Å². The Bertz CT molecular complexity index is 796. The van der Waals surface area contributed by atoms with E-state index in [1.807, 2.05) is 6.07 Å². The first-order valence-electron chi connectivity index (χ1n) is 9.75. The lowest BCUT2D eigenvalue weighted by atomic mass is 9.67. The molecule has 1 aliphatic carbocycles. The molecule has 0 spiro atoms. The predicted octanol–water partition coefficient (Wildman–Crippen LogP) is 4.92. The molecule has 2 atom stereocenters. The molecule has 4 nitrogen and oxygen atoms in total. The minimum absolute atomic E-state index is 0.213. The summed E-state index contributed by atoms with van der Waals surface area (Å²) < 4.78 is 17.9. The molecule has 2 heterocycles. The van der Waals surface area contributed by atoms with Crippen molar-refractivity contribution in [2.45, 2.75) is 71.7 Å². The van der Waals surface area contributed by atoms with Crippen molar-refractivity contribution in [1.29, 1.82) is 0 Å². The highest BCUT2D eigenvalue weighted by atomic mass is 16.6. The van der Waals surface area contributed by atoms with Gasteiger partial charge in [0.15, 0.2) is 0 Å². The summed E-state index contributed by atoms with van der Waals surface area (Å²) in [4.78, 5) is 12.7. The number of carbonyl (C=O) groups is 1. The van der Waals surface area contributed by atoms with E-state index in [1.54, 1.807) is 6.82 Å². The Morgan fingerprint density at radius 1 is 1.31 bits per heavy atom. The number of aryl methyl sites for hydroxylation is 1. The smallest absolute Gasteiger partial charge is 0.525 e. The Kier molecular flexibility index (Phi) is 4.09. The van der Waals surface area contributed by atoms with Crippen molar-refractivity contribution in [3.63, 3.8) is 0 Å². The fraction of sp³-hybridized carbons (Fsp3) is 0.571. The average molecular weight is 354 g/mol. The van der Waals surface area contributed by atoms with E-state index in [-0.39, 0.29) is 17.5 Å². The van der Waals surface area contributed by atoms with Crippen molar-refractivity contribution in [1.82, 2.24) is 0 Å². The zero-order chi connectivity index (χ0) is 18.6. The molecule has 0 amide bonds.